The summed E-state index contributed by atoms with van der Waals surface area (Å²) in [6.07, 6.45) is 0. The minimum absolute atomic E-state index is 0.664. The van der Waals surface area contributed by atoms with Gasteiger partial charge in [-0.15, -0.1) is 0 Å². The van der Waals surface area contributed by atoms with E-state index in [4.69, 9.17) is 0 Å². The number of rotatable bonds is 1. The summed E-state index contributed by atoms with van der Waals surface area (Å²) < 4.78 is 1.34. The van der Waals surface area contributed by atoms with Gasteiger partial charge in [-0.2, -0.15) is 0 Å². The number of hydrogen-bond donors (Lipinski definition) is 0. The van der Waals surface area contributed by atoms with Gasteiger partial charge < -0.3 is 0 Å². The van der Waals surface area contributed by atoms with Crippen molar-refractivity contribution in [1.82, 2.24) is 0 Å². The van der Waals surface area contributed by atoms with Crippen molar-refractivity contribution in [3.8, 4) is 0 Å². The van der Waals surface area contributed by atoms with E-state index < -0.39 is 0 Å². The van der Waals surface area contributed by atoms with Crippen LogP contribution in [-0.2, 0) is 11.4 Å². The van der Waals surface area contributed by atoms with Crippen LogP contribution in [0.1, 0.15) is 13.8 Å². The standard InChI is InChI=1S/C10H13S/c1-9(2)11-10-7-5-3-4-6-8-10/h3-9H,1-2H3/q+1. The van der Waals surface area contributed by atoms with Gasteiger partial charge in [0.1, 0.15) is 0 Å². The molecule has 0 spiro atoms. The van der Waals surface area contributed by atoms with Gasteiger partial charge in [-0.25, -0.2) is 0 Å². The summed E-state index contributed by atoms with van der Waals surface area (Å²) in [6.45, 7) is 4.41. The summed E-state index contributed by atoms with van der Waals surface area (Å²) in [5, 5.41) is 0.664. The number of hydrogen-bond acceptors (Lipinski definition) is 0. The minimum Gasteiger partial charge on any atom is -0.0621 e. The molecule has 0 aliphatic carbocycles. The highest BCUT2D eigenvalue weighted by molar-refractivity contribution is 7.70. The molecular weight excluding hydrogens is 152 g/mol. The first-order valence-corrected chi connectivity index (χ1v) is 4.72. The topological polar surface area (TPSA) is 0 Å². The van der Waals surface area contributed by atoms with Crippen molar-refractivity contribution >= 4 is 11.4 Å². The van der Waals surface area contributed by atoms with Gasteiger partial charge in [0.15, 0.2) is 16.6 Å². The molecule has 11 heavy (non-hydrogen) atoms. The molecule has 0 aliphatic rings. The molecule has 0 N–H and O–H groups in total. The molecule has 0 aromatic heterocycles. The monoisotopic (exact) mass is 165 g/mol. The van der Waals surface area contributed by atoms with Crippen LogP contribution in [0.15, 0.2) is 36.4 Å². The Kier molecular flexibility index (Phi) is 3.24. The predicted octanol–water partition coefficient (Wildman–Crippen LogP) is 2.71. The van der Waals surface area contributed by atoms with Gasteiger partial charge in [0.25, 0.3) is 0 Å². The Morgan fingerprint density at radius 2 is 1.55 bits per heavy atom. The second kappa shape index (κ2) is 4.24. The summed E-state index contributed by atoms with van der Waals surface area (Å²) >= 11 is 1.89. The van der Waals surface area contributed by atoms with E-state index in [1.165, 1.54) is 4.51 Å². The van der Waals surface area contributed by atoms with Crippen LogP contribution in [0, 0.1) is 4.51 Å². The molecule has 0 unspecified atom stereocenters. The maximum Gasteiger partial charge on any atom is 0.224 e. The van der Waals surface area contributed by atoms with Crippen LogP contribution in [0.4, 0.5) is 0 Å². The molecule has 1 aromatic rings. The van der Waals surface area contributed by atoms with Crippen molar-refractivity contribution in [2.75, 3.05) is 0 Å². The lowest BCUT2D eigenvalue weighted by atomic mass is 10.5. The fourth-order valence-electron chi connectivity index (χ4n) is 0.835. The predicted molar refractivity (Wildman–Crippen MR) is 52.2 cm³/mol. The SMILES string of the molecule is CC(C)[S+]=c1cccccc1. The van der Waals surface area contributed by atoms with E-state index in [1.807, 2.05) is 23.5 Å². The third-order valence-corrected chi connectivity index (χ3v) is 2.24. The van der Waals surface area contributed by atoms with Crippen molar-refractivity contribution in [2.45, 2.75) is 19.1 Å². The third-order valence-electron chi connectivity index (χ3n) is 1.23. The van der Waals surface area contributed by atoms with E-state index in [0.29, 0.717) is 5.25 Å². The van der Waals surface area contributed by atoms with Gasteiger partial charge in [-0.1, -0.05) is 24.3 Å². The first-order valence-electron chi connectivity index (χ1n) is 3.84. The Morgan fingerprint density at radius 1 is 1.00 bits per heavy atom. The van der Waals surface area contributed by atoms with Crippen LogP contribution in [0.5, 0.6) is 0 Å². The Labute approximate surface area is 71.9 Å². The lowest BCUT2D eigenvalue weighted by Crippen LogP contribution is -1.88. The molecule has 0 heterocycles. The maximum atomic E-state index is 2.21. The molecule has 1 heteroatoms. The minimum atomic E-state index is 0.664. The molecule has 0 fully saturated rings. The molecule has 0 radical (unpaired) electrons. The van der Waals surface area contributed by atoms with E-state index in [-0.39, 0.29) is 0 Å². The molecule has 0 saturated heterocycles. The van der Waals surface area contributed by atoms with Crippen molar-refractivity contribution in [2.24, 2.45) is 0 Å². The van der Waals surface area contributed by atoms with E-state index in [9.17, 15) is 0 Å². The van der Waals surface area contributed by atoms with Crippen LogP contribution in [0.2, 0.25) is 0 Å². The van der Waals surface area contributed by atoms with Crippen LogP contribution >= 0.6 is 0 Å². The fraction of sp³-hybridized carbons (Fsp3) is 0.300. The molecule has 0 saturated carbocycles. The highest BCUT2D eigenvalue weighted by Crippen LogP contribution is 1.90. The first kappa shape index (κ1) is 8.41. The van der Waals surface area contributed by atoms with Crippen molar-refractivity contribution in [3.05, 3.63) is 40.9 Å². The fourth-order valence-corrected chi connectivity index (χ4v) is 1.69. The molecule has 1 aromatic carbocycles. The van der Waals surface area contributed by atoms with Gasteiger partial charge in [0.05, 0.1) is 0 Å². The molecule has 1 rings (SSSR count). The zero-order valence-electron chi connectivity index (χ0n) is 6.95. The Balaban J connectivity index is 3.08. The normalized spacial score (nSPS) is 9.73. The Morgan fingerprint density at radius 3 is 2.00 bits per heavy atom. The van der Waals surface area contributed by atoms with Gasteiger partial charge in [0, 0.05) is 12.1 Å². The van der Waals surface area contributed by atoms with Crippen molar-refractivity contribution < 1.29 is 0 Å². The summed E-state index contributed by atoms with van der Waals surface area (Å²) in [6, 6.07) is 12.5. The van der Waals surface area contributed by atoms with Gasteiger partial charge >= 0.3 is 0 Å². The van der Waals surface area contributed by atoms with Gasteiger partial charge in [-0.3, -0.25) is 0 Å². The van der Waals surface area contributed by atoms with Crippen LogP contribution in [-0.4, -0.2) is 5.25 Å². The molecule has 58 valence electrons. The summed E-state index contributed by atoms with van der Waals surface area (Å²) in [7, 11) is 0. The molecule has 0 atom stereocenters. The van der Waals surface area contributed by atoms with Crippen molar-refractivity contribution in [3.63, 3.8) is 0 Å². The first-order chi connectivity index (χ1) is 5.29. The quantitative estimate of drug-likeness (QED) is 0.443. The smallest absolute Gasteiger partial charge is 0.0621 e. The van der Waals surface area contributed by atoms with E-state index >= 15 is 0 Å². The summed E-state index contributed by atoms with van der Waals surface area (Å²) in [5.41, 5.74) is 0. The molecule has 0 nitrogen and oxygen atoms in total. The highest BCUT2D eigenvalue weighted by Gasteiger charge is 1.99. The maximum absolute atomic E-state index is 2.21. The Hall–Kier alpha value is -0.690. The average molecular weight is 165 g/mol. The van der Waals surface area contributed by atoms with Gasteiger partial charge in [0.2, 0.25) is 4.51 Å². The lowest BCUT2D eigenvalue weighted by molar-refractivity contribution is 1.12. The molecule has 0 bridgehead atoms. The van der Waals surface area contributed by atoms with Crippen LogP contribution in [0.3, 0.4) is 0 Å². The molecule has 0 amide bonds. The largest absolute Gasteiger partial charge is 0.224 e. The second-order valence-corrected chi connectivity index (χ2v) is 4.32. The van der Waals surface area contributed by atoms with Crippen LogP contribution in [0.25, 0.3) is 0 Å². The Bertz CT molecular complexity index is 254. The third kappa shape index (κ3) is 3.28. The lowest BCUT2D eigenvalue weighted by Gasteiger charge is -1.72. The molecular formula is C10H13S+. The second-order valence-electron chi connectivity index (χ2n) is 2.67. The van der Waals surface area contributed by atoms with E-state index in [2.05, 4.69) is 38.1 Å². The average Bonchev–Trinajstić information content (AvgIpc) is 2.14. The van der Waals surface area contributed by atoms with Crippen molar-refractivity contribution in [1.29, 1.82) is 0 Å². The molecule has 0 aliphatic heterocycles. The summed E-state index contributed by atoms with van der Waals surface area (Å²) in [4.78, 5) is 0. The zero-order chi connectivity index (χ0) is 8.10. The highest BCUT2D eigenvalue weighted by atomic mass is 32.1. The van der Waals surface area contributed by atoms with Crippen LogP contribution < -0.4 is 0 Å². The van der Waals surface area contributed by atoms with E-state index in [1.54, 1.807) is 0 Å². The zero-order valence-corrected chi connectivity index (χ0v) is 7.77. The van der Waals surface area contributed by atoms with E-state index in [0.717, 1.165) is 0 Å². The summed E-state index contributed by atoms with van der Waals surface area (Å²) in [5.74, 6) is 0. The van der Waals surface area contributed by atoms with Gasteiger partial charge in [-0.05, 0) is 13.8 Å².